The highest BCUT2D eigenvalue weighted by molar-refractivity contribution is 5.79. The van der Waals surface area contributed by atoms with Crippen molar-refractivity contribution in [3.63, 3.8) is 0 Å². The molecule has 27 heavy (non-hydrogen) atoms. The maximum atomic E-state index is 12.6. The lowest BCUT2D eigenvalue weighted by molar-refractivity contribution is -0.121. The van der Waals surface area contributed by atoms with Gasteiger partial charge in [-0.15, -0.1) is 0 Å². The monoisotopic (exact) mass is 359 g/mol. The number of carbonyl (C=O) groups excluding carboxylic acids is 1. The summed E-state index contributed by atoms with van der Waals surface area (Å²) in [6.07, 6.45) is 6.57. The van der Waals surface area contributed by atoms with Crippen LogP contribution in [0.15, 0.2) is 54.7 Å². The number of aryl methyl sites for hydroxylation is 2. The molecule has 1 aromatic heterocycles. The number of H-pyrrole nitrogens is 1. The number of amides is 1. The van der Waals surface area contributed by atoms with Crippen LogP contribution in [-0.2, 0) is 24.1 Å². The number of benzene rings is 2. The average molecular weight is 359 g/mol. The molecule has 1 amide bonds. The summed E-state index contributed by atoms with van der Waals surface area (Å²) in [6.45, 7) is 2.06. The summed E-state index contributed by atoms with van der Waals surface area (Å²) in [5.41, 5.74) is 6.00. The number of imidazole rings is 1. The van der Waals surface area contributed by atoms with Crippen LogP contribution in [0.3, 0.4) is 0 Å². The summed E-state index contributed by atoms with van der Waals surface area (Å²) >= 11 is 0. The van der Waals surface area contributed by atoms with Crippen molar-refractivity contribution in [3.05, 3.63) is 77.2 Å². The van der Waals surface area contributed by atoms with Gasteiger partial charge in [0.1, 0.15) is 5.82 Å². The van der Waals surface area contributed by atoms with Gasteiger partial charge in [-0.25, -0.2) is 4.98 Å². The number of rotatable bonds is 6. The summed E-state index contributed by atoms with van der Waals surface area (Å²) in [5, 5.41) is 3.13. The van der Waals surface area contributed by atoms with Crippen molar-refractivity contribution in [2.24, 2.45) is 0 Å². The van der Waals surface area contributed by atoms with Gasteiger partial charge in [-0.05, 0) is 47.9 Å². The lowest BCUT2D eigenvalue weighted by atomic mass is 10.0. The van der Waals surface area contributed by atoms with Gasteiger partial charge < -0.3 is 10.3 Å². The summed E-state index contributed by atoms with van der Waals surface area (Å²) in [4.78, 5) is 20.4. The highest BCUT2D eigenvalue weighted by Crippen LogP contribution is 2.24. The summed E-state index contributed by atoms with van der Waals surface area (Å²) < 4.78 is 0. The van der Waals surface area contributed by atoms with Crippen molar-refractivity contribution in [1.29, 1.82) is 0 Å². The first-order valence-electron chi connectivity index (χ1n) is 9.73. The van der Waals surface area contributed by atoms with Crippen LogP contribution in [0.5, 0.6) is 0 Å². The van der Waals surface area contributed by atoms with E-state index in [0.717, 1.165) is 35.5 Å². The number of nitrogens with one attached hydrogen (secondary N) is 2. The van der Waals surface area contributed by atoms with Crippen LogP contribution >= 0.6 is 0 Å². The number of hydrogen-bond acceptors (Lipinski definition) is 2. The minimum atomic E-state index is -0.107. The molecule has 2 N–H and O–H groups in total. The zero-order valence-electron chi connectivity index (χ0n) is 15.7. The molecule has 0 saturated heterocycles. The fraction of sp³-hybridized carbons (Fsp3) is 0.304. The van der Waals surface area contributed by atoms with Crippen LogP contribution in [0.2, 0.25) is 0 Å². The van der Waals surface area contributed by atoms with Crippen LogP contribution in [0.1, 0.15) is 48.3 Å². The second-order valence-corrected chi connectivity index (χ2v) is 7.21. The first kappa shape index (κ1) is 17.5. The normalized spacial score (nSPS) is 14.0. The van der Waals surface area contributed by atoms with Crippen LogP contribution in [-0.4, -0.2) is 15.9 Å². The van der Waals surface area contributed by atoms with Gasteiger partial charge in [0.15, 0.2) is 0 Å². The minimum absolute atomic E-state index is 0.0393. The zero-order valence-corrected chi connectivity index (χ0v) is 15.7. The summed E-state index contributed by atoms with van der Waals surface area (Å²) in [5.74, 6) is 0.844. The Morgan fingerprint density at radius 3 is 2.78 bits per heavy atom. The Kier molecular flexibility index (Phi) is 5.05. The predicted molar refractivity (Wildman–Crippen MR) is 107 cm³/mol. The van der Waals surface area contributed by atoms with Crippen molar-refractivity contribution >= 4 is 5.91 Å². The Hall–Kier alpha value is -2.88. The highest BCUT2D eigenvalue weighted by atomic mass is 16.1. The second-order valence-electron chi connectivity index (χ2n) is 7.21. The molecule has 0 radical (unpaired) electrons. The molecule has 1 heterocycles. The Morgan fingerprint density at radius 1 is 1.15 bits per heavy atom. The van der Waals surface area contributed by atoms with E-state index in [2.05, 4.69) is 40.4 Å². The quantitative estimate of drug-likeness (QED) is 0.686. The lowest BCUT2D eigenvalue weighted by Crippen LogP contribution is -2.30. The molecular formula is C23H25N3O. The highest BCUT2D eigenvalue weighted by Gasteiger charge is 2.17. The van der Waals surface area contributed by atoms with Crippen molar-refractivity contribution in [1.82, 2.24) is 15.3 Å². The SMILES string of the molecule is CCC(NC(=O)Cc1ccc2c(c1)CCC2)c1ncc(-c2ccccc2)[nH]1. The number of aromatic amines is 1. The van der Waals surface area contributed by atoms with Gasteiger partial charge in [-0.3, -0.25) is 4.79 Å². The molecule has 4 nitrogen and oxygen atoms in total. The molecule has 1 aliphatic rings. The maximum absolute atomic E-state index is 12.6. The number of aromatic nitrogens is 2. The third-order valence-electron chi connectivity index (χ3n) is 5.28. The van der Waals surface area contributed by atoms with Gasteiger partial charge in [0.05, 0.1) is 24.4 Å². The van der Waals surface area contributed by atoms with E-state index in [9.17, 15) is 4.79 Å². The molecule has 4 heteroatoms. The molecule has 0 spiro atoms. The largest absolute Gasteiger partial charge is 0.346 e. The third-order valence-corrected chi connectivity index (χ3v) is 5.28. The van der Waals surface area contributed by atoms with E-state index >= 15 is 0 Å². The Morgan fingerprint density at radius 2 is 1.96 bits per heavy atom. The number of hydrogen-bond donors (Lipinski definition) is 2. The van der Waals surface area contributed by atoms with E-state index < -0.39 is 0 Å². The van der Waals surface area contributed by atoms with Gasteiger partial charge in [-0.2, -0.15) is 0 Å². The number of fused-ring (bicyclic) bond motifs is 1. The number of nitrogens with zero attached hydrogens (tertiary/aromatic N) is 1. The molecule has 0 saturated carbocycles. The van der Waals surface area contributed by atoms with Crippen LogP contribution in [0, 0.1) is 0 Å². The molecule has 0 bridgehead atoms. The Bertz CT molecular complexity index is 930. The smallest absolute Gasteiger partial charge is 0.225 e. The molecule has 1 atom stereocenters. The first-order valence-corrected chi connectivity index (χ1v) is 9.73. The maximum Gasteiger partial charge on any atom is 0.225 e. The molecule has 0 fully saturated rings. The molecule has 3 aromatic rings. The van der Waals surface area contributed by atoms with Gasteiger partial charge in [0.2, 0.25) is 5.91 Å². The predicted octanol–water partition coefficient (Wildman–Crippen LogP) is 4.38. The van der Waals surface area contributed by atoms with E-state index in [-0.39, 0.29) is 11.9 Å². The fourth-order valence-electron chi connectivity index (χ4n) is 3.81. The second kappa shape index (κ2) is 7.78. The van der Waals surface area contributed by atoms with Gasteiger partial charge in [-0.1, -0.05) is 55.5 Å². The molecule has 4 rings (SSSR count). The summed E-state index contributed by atoms with van der Waals surface area (Å²) in [7, 11) is 0. The molecular weight excluding hydrogens is 334 g/mol. The number of carbonyl (C=O) groups is 1. The molecule has 138 valence electrons. The van der Waals surface area contributed by atoms with Gasteiger partial charge in [0, 0.05) is 0 Å². The van der Waals surface area contributed by atoms with E-state index in [1.165, 1.54) is 24.0 Å². The van der Waals surface area contributed by atoms with Crippen LogP contribution in [0.25, 0.3) is 11.3 Å². The Balaban J connectivity index is 1.43. The minimum Gasteiger partial charge on any atom is -0.346 e. The fourth-order valence-corrected chi connectivity index (χ4v) is 3.81. The molecule has 0 aliphatic heterocycles. The van der Waals surface area contributed by atoms with Crippen molar-refractivity contribution in [2.45, 2.75) is 45.1 Å². The topological polar surface area (TPSA) is 57.8 Å². The molecule has 1 unspecified atom stereocenters. The molecule has 1 aliphatic carbocycles. The van der Waals surface area contributed by atoms with E-state index in [1.807, 2.05) is 36.5 Å². The zero-order chi connectivity index (χ0) is 18.6. The van der Waals surface area contributed by atoms with Gasteiger partial charge >= 0.3 is 0 Å². The van der Waals surface area contributed by atoms with Crippen molar-refractivity contribution < 1.29 is 4.79 Å². The third kappa shape index (κ3) is 3.95. The lowest BCUT2D eigenvalue weighted by Gasteiger charge is -2.15. The van der Waals surface area contributed by atoms with Crippen molar-refractivity contribution in [2.75, 3.05) is 0 Å². The molecule has 2 aromatic carbocycles. The van der Waals surface area contributed by atoms with Gasteiger partial charge in [0.25, 0.3) is 0 Å². The van der Waals surface area contributed by atoms with Crippen LogP contribution < -0.4 is 5.32 Å². The van der Waals surface area contributed by atoms with Crippen LogP contribution in [0.4, 0.5) is 0 Å². The standard InChI is InChI=1S/C23H25N3O/c1-2-20(23-24-15-21(26-23)18-7-4-3-5-8-18)25-22(27)14-16-11-12-17-9-6-10-19(17)13-16/h3-5,7-8,11-13,15,20H,2,6,9-10,14H2,1H3,(H,24,26)(H,25,27). The van der Waals surface area contributed by atoms with E-state index in [1.54, 1.807) is 0 Å². The first-order chi connectivity index (χ1) is 13.2. The van der Waals surface area contributed by atoms with Crippen molar-refractivity contribution in [3.8, 4) is 11.3 Å². The average Bonchev–Trinajstić information content (AvgIpc) is 3.36. The Labute approximate surface area is 160 Å². The van der Waals surface area contributed by atoms with E-state index in [4.69, 9.17) is 0 Å². The van der Waals surface area contributed by atoms with E-state index in [0.29, 0.717) is 6.42 Å². The summed E-state index contributed by atoms with van der Waals surface area (Å²) in [6, 6.07) is 16.5.